The van der Waals surface area contributed by atoms with E-state index in [0.717, 1.165) is 17.6 Å². The van der Waals surface area contributed by atoms with Gasteiger partial charge >= 0.3 is 0 Å². The first-order valence-electron chi connectivity index (χ1n) is 7.00. The number of halogens is 1. The van der Waals surface area contributed by atoms with Crippen LogP contribution in [-0.4, -0.2) is 32.3 Å². The molecule has 20 heavy (non-hydrogen) atoms. The first-order chi connectivity index (χ1) is 9.24. The normalized spacial score (nSPS) is 13.3. The molecule has 0 heterocycles. The average molecular weight is 343 g/mol. The van der Waals surface area contributed by atoms with Gasteiger partial charge in [0.1, 0.15) is 0 Å². The summed E-state index contributed by atoms with van der Waals surface area (Å²) in [6, 6.07) is 6.78. The second-order valence-electron chi connectivity index (χ2n) is 6.29. The highest BCUT2D eigenvalue weighted by Crippen LogP contribution is 2.25. The molecule has 3 nitrogen and oxygen atoms in total. The Morgan fingerprint density at radius 1 is 1.35 bits per heavy atom. The van der Waals surface area contributed by atoms with Crippen molar-refractivity contribution >= 4 is 21.6 Å². The predicted octanol–water partition coefficient (Wildman–Crippen LogP) is 3.81. The molecule has 1 aromatic rings. The zero-order valence-corrected chi connectivity index (χ0v) is 15.0. The van der Waals surface area contributed by atoms with Gasteiger partial charge in [-0.2, -0.15) is 0 Å². The highest BCUT2D eigenvalue weighted by atomic mass is 79.9. The smallest absolute Gasteiger partial charge is 0.0663 e. The van der Waals surface area contributed by atoms with Gasteiger partial charge in [0.05, 0.1) is 6.61 Å². The number of hydrogen-bond acceptors (Lipinski definition) is 3. The van der Waals surface area contributed by atoms with Gasteiger partial charge in [0.2, 0.25) is 0 Å². The second kappa shape index (κ2) is 7.43. The van der Waals surface area contributed by atoms with E-state index < -0.39 is 0 Å². The van der Waals surface area contributed by atoms with Gasteiger partial charge in [-0.3, -0.25) is 0 Å². The van der Waals surface area contributed by atoms with E-state index in [1.54, 1.807) is 7.11 Å². The molecular weight excluding hydrogens is 316 g/mol. The summed E-state index contributed by atoms with van der Waals surface area (Å²) in [7, 11) is 3.86. The van der Waals surface area contributed by atoms with Crippen molar-refractivity contribution in [3.8, 4) is 0 Å². The average Bonchev–Trinajstić information content (AvgIpc) is 2.35. The van der Waals surface area contributed by atoms with Crippen LogP contribution in [0, 0.1) is 0 Å². The van der Waals surface area contributed by atoms with Crippen molar-refractivity contribution < 1.29 is 4.74 Å². The van der Waals surface area contributed by atoms with Crippen molar-refractivity contribution in [1.82, 2.24) is 5.32 Å². The Bertz CT molecular complexity index is 429. The summed E-state index contributed by atoms with van der Waals surface area (Å²) in [5, 5.41) is 3.55. The van der Waals surface area contributed by atoms with Crippen LogP contribution in [0.25, 0.3) is 0 Å². The third-order valence-electron chi connectivity index (χ3n) is 3.30. The van der Waals surface area contributed by atoms with Crippen LogP contribution in [0.5, 0.6) is 0 Å². The molecule has 0 fully saturated rings. The number of ether oxygens (including phenoxy) is 1. The lowest BCUT2D eigenvalue weighted by molar-refractivity contribution is 0.183. The minimum atomic E-state index is 0.107. The number of likely N-dealkylation sites (N-methyl/N-ethyl adjacent to an activating group) is 1. The van der Waals surface area contributed by atoms with E-state index in [2.05, 4.69) is 79.1 Å². The number of nitrogens with one attached hydrogen (secondary N) is 1. The lowest BCUT2D eigenvalue weighted by atomic mass is 10.1. The van der Waals surface area contributed by atoms with Crippen LogP contribution < -0.4 is 10.2 Å². The Hall–Kier alpha value is -0.580. The molecule has 0 saturated heterocycles. The van der Waals surface area contributed by atoms with Crippen LogP contribution in [0.3, 0.4) is 0 Å². The largest absolute Gasteiger partial charge is 0.383 e. The topological polar surface area (TPSA) is 24.5 Å². The molecule has 0 radical (unpaired) electrons. The highest BCUT2D eigenvalue weighted by molar-refractivity contribution is 9.10. The standard InChI is InChI=1S/C16H27BrN2O/c1-12(11-20-6)19(5)15-8-7-14(17)9-13(15)10-18-16(2,3)4/h7-9,12,18H,10-11H2,1-6H3. The molecular formula is C16H27BrN2O. The molecule has 0 aliphatic heterocycles. The summed E-state index contributed by atoms with van der Waals surface area (Å²) in [6.45, 7) is 10.3. The summed E-state index contributed by atoms with van der Waals surface area (Å²) >= 11 is 3.56. The van der Waals surface area contributed by atoms with E-state index in [-0.39, 0.29) is 5.54 Å². The fourth-order valence-electron chi connectivity index (χ4n) is 1.99. The van der Waals surface area contributed by atoms with Crippen LogP contribution >= 0.6 is 15.9 Å². The van der Waals surface area contributed by atoms with Crippen LogP contribution in [0.4, 0.5) is 5.69 Å². The number of anilines is 1. The Kier molecular flexibility index (Phi) is 6.49. The van der Waals surface area contributed by atoms with Gasteiger partial charge < -0.3 is 15.0 Å². The molecule has 1 unspecified atom stereocenters. The molecule has 0 spiro atoms. The van der Waals surface area contributed by atoms with Crippen molar-refractivity contribution in [1.29, 1.82) is 0 Å². The lowest BCUT2D eigenvalue weighted by Crippen LogP contribution is -2.37. The molecule has 0 saturated carbocycles. The predicted molar refractivity (Wildman–Crippen MR) is 90.5 cm³/mol. The fourth-order valence-corrected chi connectivity index (χ4v) is 2.40. The van der Waals surface area contributed by atoms with Crippen molar-refractivity contribution in [2.24, 2.45) is 0 Å². The maximum atomic E-state index is 5.26. The molecule has 1 N–H and O–H groups in total. The van der Waals surface area contributed by atoms with Crippen LogP contribution in [-0.2, 0) is 11.3 Å². The van der Waals surface area contributed by atoms with Gasteiger partial charge in [-0.15, -0.1) is 0 Å². The summed E-state index contributed by atoms with van der Waals surface area (Å²) in [5.74, 6) is 0. The third kappa shape index (κ3) is 5.43. The zero-order chi connectivity index (χ0) is 15.3. The summed E-state index contributed by atoms with van der Waals surface area (Å²) in [5.41, 5.74) is 2.64. The number of nitrogens with zero attached hydrogens (tertiary/aromatic N) is 1. The Balaban J connectivity index is 2.94. The van der Waals surface area contributed by atoms with Crippen molar-refractivity contribution in [2.45, 2.75) is 45.8 Å². The first kappa shape index (κ1) is 17.5. The van der Waals surface area contributed by atoms with Gasteiger partial charge in [-0.25, -0.2) is 0 Å². The maximum absolute atomic E-state index is 5.26. The minimum absolute atomic E-state index is 0.107. The molecule has 0 aromatic heterocycles. The van der Waals surface area contributed by atoms with Crippen molar-refractivity contribution in [3.05, 3.63) is 28.2 Å². The molecule has 1 rings (SSSR count). The van der Waals surface area contributed by atoms with E-state index in [4.69, 9.17) is 4.74 Å². The van der Waals surface area contributed by atoms with Crippen molar-refractivity contribution in [3.63, 3.8) is 0 Å². The van der Waals surface area contributed by atoms with Crippen molar-refractivity contribution in [2.75, 3.05) is 25.7 Å². The Labute approximate surface area is 131 Å². The van der Waals surface area contributed by atoms with Gasteiger partial charge in [0, 0.05) is 42.4 Å². The van der Waals surface area contributed by atoms with Crippen LogP contribution in [0.15, 0.2) is 22.7 Å². The SMILES string of the molecule is COCC(C)N(C)c1ccc(Br)cc1CNC(C)(C)C. The number of methoxy groups -OCH3 is 1. The quantitative estimate of drug-likeness (QED) is 0.850. The highest BCUT2D eigenvalue weighted by Gasteiger charge is 2.16. The Morgan fingerprint density at radius 2 is 2.00 bits per heavy atom. The van der Waals surface area contributed by atoms with Crippen LogP contribution in [0.1, 0.15) is 33.3 Å². The van der Waals surface area contributed by atoms with E-state index in [1.165, 1.54) is 11.3 Å². The van der Waals surface area contributed by atoms with E-state index in [0.29, 0.717) is 6.04 Å². The molecule has 1 atom stereocenters. The maximum Gasteiger partial charge on any atom is 0.0663 e. The number of hydrogen-bond donors (Lipinski definition) is 1. The third-order valence-corrected chi connectivity index (χ3v) is 3.79. The molecule has 4 heteroatoms. The molecule has 0 aliphatic carbocycles. The lowest BCUT2D eigenvalue weighted by Gasteiger charge is -2.30. The van der Waals surface area contributed by atoms with Gasteiger partial charge in [-0.05, 0) is 51.5 Å². The van der Waals surface area contributed by atoms with E-state index >= 15 is 0 Å². The molecule has 0 bridgehead atoms. The van der Waals surface area contributed by atoms with Gasteiger partial charge in [-0.1, -0.05) is 15.9 Å². The van der Waals surface area contributed by atoms with E-state index in [1.807, 2.05) is 0 Å². The molecule has 0 amide bonds. The van der Waals surface area contributed by atoms with Gasteiger partial charge in [0.25, 0.3) is 0 Å². The molecule has 114 valence electrons. The minimum Gasteiger partial charge on any atom is -0.383 e. The molecule has 0 aliphatic rings. The number of benzene rings is 1. The zero-order valence-electron chi connectivity index (χ0n) is 13.5. The molecule has 1 aromatic carbocycles. The monoisotopic (exact) mass is 342 g/mol. The fraction of sp³-hybridized carbons (Fsp3) is 0.625. The summed E-state index contributed by atoms with van der Waals surface area (Å²) < 4.78 is 6.37. The Morgan fingerprint density at radius 3 is 2.55 bits per heavy atom. The summed E-state index contributed by atoms with van der Waals surface area (Å²) in [4.78, 5) is 2.27. The van der Waals surface area contributed by atoms with Crippen LogP contribution in [0.2, 0.25) is 0 Å². The number of rotatable bonds is 6. The van der Waals surface area contributed by atoms with Gasteiger partial charge in [0.15, 0.2) is 0 Å². The first-order valence-corrected chi connectivity index (χ1v) is 7.79. The van der Waals surface area contributed by atoms with E-state index in [9.17, 15) is 0 Å². The summed E-state index contributed by atoms with van der Waals surface area (Å²) in [6.07, 6.45) is 0. The second-order valence-corrected chi connectivity index (χ2v) is 7.21.